The van der Waals surface area contributed by atoms with Crippen molar-refractivity contribution in [3.05, 3.63) is 5.82 Å². The van der Waals surface area contributed by atoms with E-state index in [0.29, 0.717) is 5.92 Å². The van der Waals surface area contributed by atoms with Gasteiger partial charge in [-0.05, 0) is 29.2 Å². The first-order chi connectivity index (χ1) is 8.61. The van der Waals surface area contributed by atoms with Crippen LogP contribution >= 0.6 is 0 Å². The molecule has 1 atom stereocenters. The Bertz CT molecular complexity index is 410. The minimum atomic E-state index is -0.866. The van der Waals surface area contributed by atoms with Gasteiger partial charge in [0.15, 0.2) is 11.9 Å². The van der Waals surface area contributed by atoms with E-state index >= 15 is 0 Å². The Labute approximate surface area is 106 Å². The maximum absolute atomic E-state index is 11.4. The molecule has 0 bridgehead atoms. The molecule has 2 rings (SSSR count). The first-order valence-electron chi connectivity index (χ1n) is 6.62. The van der Waals surface area contributed by atoms with E-state index in [9.17, 15) is 9.90 Å². The van der Waals surface area contributed by atoms with Crippen molar-refractivity contribution in [3.63, 3.8) is 0 Å². The van der Waals surface area contributed by atoms with Gasteiger partial charge in [-0.25, -0.2) is 9.48 Å². The van der Waals surface area contributed by atoms with Crippen molar-refractivity contribution >= 4 is 5.97 Å². The van der Waals surface area contributed by atoms with E-state index in [2.05, 4.69) is 15.5 Å². The summed E-state index contributed by atoms with van der Waals surface area (Å²) in [4.78, 5) is 11.4. The molecule has 0 amide bonds. The summed E-state index contributed by atoms with van der Waals surface area (Å²) in [6.07, 6.45) is 5.73. The van der Waals surface area contributed by atoms with Gasteiger partial charge in [0, 0.05) is 5.92 Å². The number of nitrogens with zero attached hydrogens (tertiary/aromatic N) is 4. The summed E-state index contributed by atoms with van der Waals surface area (Å²) in [6.45, 7) is 3.76. The van der Waals surface area contributed by atoms with Crippen LogP contribution in [0.15, 0.2) is 0 Å². The van der Waals surface area contributed by atoms with Gasteiger partial charge < -0.3 is 5.11 Å². The summed E-state index contributed by atoms with van der Waals surface area (Å²) in [5.74, 6) is 0.160. The average molecular weight is 252 g/mol. The maximum atomic E-state index is 11.4. The molecule has 100 valence electrons. The molecule has 6 nitrogen and oxygen atoms in total. The van der Waals surface area contributed by atoms with Crippen LogP contribution in [0.1, 0.15) is 63.7 Å². The van der Waals surface area contributed by atoms with Crippen LogP contribution in [0.5, 0.6) is 0 Å². The van der Waals surface area contributed by atoms with Gasteiger partial charge in [-0.15, -0.1) is 5.10 Å². The lowest BCUT2D eigenvalue weighted by molar-refractivity contribution is -0.142. The van der Waals surface area contributed by atoms with E-state index in [1.807, 2.05) is 13.8 Å². The minimum Gasteiger partial charge on any atom is -0.480 e. The molecule has 0 radical (unpaired) electrons. The van der Waals surface area contributed by atoms with E-state index in [-0.39, 0.29) is 5.92 Å². The third kappa shape index (κ3) is 2.52. The molecule has 1 fully saturated rings. The number of carboxylic acids is 1. The van der Waals surface area contributed by atoms with Crippen LogP contribution in [0.4, 0.5) is 0 Å². The number of carbonyl (C=O) groups is 1. The van der Waals surface area contributed by atoms with Gasteiger partial charge in [-0.1, -0.05) is 33.1 Å². The van der Waals surface area contributed by atoms with E-state index in [1.165, 1.54) is 23.9 Å². The molecular weight excluding hydrogens is 232 g/mol. The predicted molar refractivity (Wildman–Crippen MR) is 65.2 cm³/mol. The second-order valence-electron chi connectivity index (χ2n) is 5.34. The Kier molecular flexibility index (Phi) is 3.93. The molecule has 1 heterocycles. The molecule has 1 aromatic heterocycles. The zero-order valence-electron chi connectivity index (χ0n) is 10.9. The molecule has 0 aromatic carbocycles. The average Bonchev–Trinajstić information content (AvgIpc) is 2.78. The first-order valence-corrected chi connectivity index (χ1v) is 6.62. The number of aromatic nitrogens is 4. The highest BCUT2D eigenvalue weighted by Gasteiger charge is 2.31. The lowest BCUT2D eigenvalue weighted by atomic mass is 9.88. The summed E-state index contributed by atoms with van der Waals surface area (Å²) in [5, 5.41) is 21.0. The van der Waals surface area contributed by atoms with Gasteiger partial charge in [-0.2, -0.15) is 0 Å². The fraction of sp³-hybridized carbons (Fsp3) is 0.833. The number of aliphatic carboxylic acids is 1. The van der Waals surface area contributed by atoms with Crippen LogP contribution in [0, 0.1) is 5.92 Å². The monoisotopic (exact) mass is 252 g/mol. The fourth-order valence-electron chi connectivity index (χ4n) is 2.70. The van der Waals surface area contributed by atoms with Crippen LogP contribution in [-0.4, -0.2) is 31.3 Å². The minimum absolute atomic E-state index is 0.0339. The molecule has 0 saturated heterocycles. The van der Waals surface area contributed by atoms with Crippen LogP contribution in [-0.2, 0) is 4.79 Å². The van der Waals surface area contributed by atoms with Crippen molar-refractivity contribution < 1.29 is 9.90 Å². The predicted octanol–water partition coefficient (Wildman–Crippen LogP) is 2.00. The summed E-state index contributed by atoms with van der Waals surface area (Å²) >= 11 is 0. The van der Waals surface area contributed by atoms with Crippen LogP contribution in [0.3, 0.4) is 0 Å². The molecule has 6 heteroatoms. The molecule has 1 aliphatic rings. The molecule has 1 aliphatic carbocycles. The summed E-state index contributed by atoms with van der Waals surface area (Å²) in [5.41, 5.74) is 0. The lowest BCUT2D eigenvalue weighted by Crippen LogP contribution is -2.28. The van der Waals surface area contributed by atoms with E-state index in [4.69, 9.17) is 0 Å². The maximum Gasteiger partial charge on any atom is 0.328 e. The zero-order chi connectivity index (χ0) is 13.1. The Morgan fingerprint density at radius 2 is 2.00 bits per heavy atom. The van der Waals surface area contributed by atoms with E-state index in [0.717, 1.165) is 18.7 Å². The van der Waals surface area contributed by atoms with Crippen molar-refractivity contribution in [2.24, 2.45) is 5.92 Å². The van der Waals surface area contributed by atoms with Gasteiger partial charge in [0.05, 0.1) is 0 Å². The SMILES string of the molecule is CC(C)C(C(=O)O)n1nnnc1C1CCCCC1. The third-order valence-electron chi connectivity index (χ3n) is 3.64. The number of hydrogen-bond donors (Lipinski definition) is 1. The van der Waals surface area contributed by atoms with Crippen molar-refractivity contribution in [3.8, 4) is 0 Å². The van der Waals surface area contributed by atoms with Crippen molar-refractivity contribution in [2.75, 3.05) is 0 Å². The largest absolute Gasteiger partial charge is 0.480 e. The molecule has 18 heavy (non-hydrogen) atoms. The highest BCUT2D eigenvalue weighted by molar-refractivity contribution is 5.72. The van der Waals surface area contributed by atoms with E-state index < -0.39 is 12.0 Å². The quantitative estimate of drug-likeness (QED) is 0.886. The zero-order valence-corrected chi connectivity index (χ0v) is 10.9. The first kappa shape index (κ1) is 13.0. The Morgan fingerprint density at radius 1 is 1.33 bits per heavy atom. The van der Waals surface area contributed by atoms with Crippen LogP contribution in [0.25, 0.3) is 0 Å². The summed E-state index contributed by atoms with van der Waals surface area (Å²) < 4.78 is 1.52. The molecule has 1 N–H and O–H groups in total. The number of hydrogen-bond acceptors (Lipinski definition) is 4. The molecule has 0 aliphatic heterocycles. The second-order valence-corrected chi connectivity index (χ2v) is 5.34. The van der Waals surface area contributed by atoms with Crippen LogP contribution in [0.2, 0.25) is 0 Å². The number of carboxylic acid groups (broad SMARTS) is 1. The van der Waals surface area contributed by atoms with Crippen molar-refractivity contribution in [1.29, 1.82) is 0 Å². The Morgan fingerprint density at radius 3 is 2.56 bits per heavy atom. The van der Waals surface area contributed by atoms with Gasteiger partial charge in [0.1, 0.15) is 0 Å². The molecule has 1 unspecified atom stereocenters. The smallest absolute Gasteiger partial charge is 0.328 e. The summed E-state index contributed by atoms with van der Waals surface area (Å²) in [7, 11) is 0. The van der Waals surface area contributed by atoms with Gasteiger partial charge in [0.2, 0.25) is 0 Å². The number of rotatable bonds is 4. The highest BCUT2D eigenvalue weighted by Crippen LogP contribution is 2.32. The van der Waals surface area contributed by atoms with Gasteiger partial charge >= 0.3 is 5.97 Å². The normalized spacial score (nSPS) is 19.1. The summed E-state index contributed by atoms with van der Waals surface area (Å²) in [6, 6.07) is -0.670. The van der Waals surface area contributed by atoms with Crippen molar-refractivity contribution in [2.45, 2.75) is 57.9 Å². The Hall–Kier alpha value is -1.46. The third-order valence-corrected chi connectivity index (χ3v) is 3.64. The van der Waals surface area contributed by atoms with Crippen LogP contribution < -0.4 is 0 Å². The van der Waals surface area contributed by atoms with E-state index in [1.54, 1.807) is 0 Å². The molecular formula is C12H20N4O2. The second kappa shape index (κ2) is 5.46. The van der Waals surface area contributed by atoms with Gasteiger partial charge in [0.25, 0.3) is 0 Å². The highest BCUT2D eigenvalue weighted by atomic mass is 16.4. The topological polar surface area (TPSA) is 80.9 Å². The molecule has 1 saturated carbocycles. The Balaban J connectivity index is 2.27. The molecule has 0 spiro atoms. The lowest BCUT2D eigenvalue weighted by Gasteiger charge is -2.23. The standard InChI is InChI=1S/C12H20N4O2/c1-8(2)10(12(17)18)16-11(13-14-15-16)9-6-4-3-5-7-9/h8-10H,3-7H2,1-2H3,(H,17,18). The number of tetrazole rings is 1. The molecule has 1 aromatic rings. The van der Waals surface area contributed by atoms with Gasteiger partial charge in [-0.3, -0.25) is 0 Å². The van der Waals surface area contributed by atoms with Crippen molar-refractivity contribution in [1.82, 2.24) is 20.2 Å². The fourth-order valence-corrected chi connectivity index (χ4v) is 2.70.